The van der Waals surface area contributed by atoms with Crippen LogP contribution in [-0.4, -0.2) is 17.4 Å². The molecule has 0 aromatic heterocycles. The summed E-state index contributed by atoms with van der Waals surface area (Å²) >= 11 is 0. The summed E-state index contributed by atoms with van der Waals surface area (Å²) in [6, 6.07) is 25.0. The molecular weight excluding hydrogens is 356 g/mol. The molecule has 0 aliphatic carbocycles. The molecular formula is C26H28N2O. The average Bonchev–Trinajstić information content (AvgIpc) is 2.74. The molecule has 3 aromatic rings. The molecule has 1 atom stereocenters. The topological polar surface area (TPSA) is 32.3 Å². The minimum Gasteiger partial charge on any atom is -0.346 e. The van der Waals surface area contributed by atoms with Gasteiger partial charge in [-0.3, -0.25) is 9.69 Å². The third-order valence-corrected chi connectivity index (χ3v) is 5.76. The van der Waals surface area contributed by atoms with E-state index in [0.29, 0.717) is 5.56 Å². The van der Waals surface area contributed by atoms with E-state index in [1.165, 1.54) is 22.3 Å². The maximum absolute atomic E-state index is 12.6. The van der Waals surface area contributed by atoms with Crippen molar-refractivity contribution in [1.29, 1.82) is 0 Å². The fourth-order valence-electron chi connectivity index (χ4n) is 3.93. The van der Waals surface area contributed by atoms with E-state index in [1.807, 2.05) is 19.1 Å². The highest BCUT2D eigenvalue weighted by molar-refractivity contribution is 5.94. The van der Waals surface area contributed by atoms with Gasteiger partial charge in [-0.1, -0.05) is 66.2 Å². The van der Waals surface area contributed by atoms with Gasteiger partial charge >= 0.3 is 0 Å². The van der Waals surface area contributed by atoms with Gasteiger partial charge in [-0.05, 0) is 54.7 Å². The number of fused-ring (bicyclic) bond motifs is 1. The normalized spacial score (nSPS) is 14.8. The van der Waals surface area contributed by atoms with Crippen LogP contribution in [0.4, 0.5) is 0 Å². The van der Waals surface area contributed by atoms with Gasteiger partial charge in [0.25, 0.3) is 5.91 Å². The summed E-state index contributed by atoms with van der Waals surface area (Å²) in [6.07, 6.45) is 1.10. The molecule has 3 heteroatoms. The van der Waals surface area contributed by atoms with Gasteiger partial charge in [-0.2, -0.15) is 0 Å². The van der Waals surface area contributed by atoms with Gasteiger partial charge in [0.15, 0.2) is 0 Å². The number of carbonyl (C=O) groups excluding carboxylic acids is 1. The van der Waals surface area contributed by atoms with Crippen LogP contribution in [0.3, 0.4) is 0 Å². The fourth-order valence-corrected chi connectivity index (χ4v) is 3.93. The number of amides is 1. The van der Waals surface area contributed by atoms with Crippen LogP contribution in [0.2, 0.25) is 0 Å². The molecule has 1 aliphatic heterocycles. The Hall–Kier alpha value is -2.91. The molecule has 1 heterocycles. The number of rotatable bonds is 5. The lowest BCUT2D eigenvalue weighted by atomic mass is 9.99. The predicted molar refractivity (Wildman–Crippen MR) is 118 cm³/mol. The summed E-state index contributed by atoms with van der Waals surface area (Å²) in [6.45, 7) is 7.07. The second-order valence-corrected chi connectivity index (χ2v) is 8.03. The summed E-state index contributed by atoms with van der Waals surface area (Å²) in [5, 5.41) is 3.09. The molecule has 148 valence electrons. The second-order valence-electron chi connectivity index (χ2n) is 8.03. The zero-order valence-electron chi connectivity index (χ0n) is 17.2. The smallest absolute Gasteiger partial charge is 0.251 e. The van der Waals surface area contributed by atoms with Crippen LogP contribution in [0.15, 0.2) is 72.8 Å². The summed E-state index contributed by atoms with van der Waals surface area (Å²) < 4.78 is 0. The molecule has 0 radical (unpaired) electrons. The number of aryl methyl sites for hydroxylation is 1. The third kappa shape index (κ3) is 4.75. The number of carbonyl (C=O) groups is 1. The van der Waals surface area contributed by atoms with E-state index < -0.39 is 0 Å². The Bertz CT molecular complexity index is 976. The van der Waals surface area contributed by atoms with Crippen molar-refractivity contribution < 1.29 is 4.79 Å². The Morgan fingerprint density at radius 1 is 0.966 bits per heavy atom. The first-order chi connectivity index (χ1) is 14.1. The van der Waals surface area contributed by atoms with Gasteiger partial charge in [-0.25, -0.2) is 0 Å². The summed E-state index contributed by atoms with van der Waals surface area (Å²) in [5.41, 5.74) is 7.19. The number of hydrogen-bond acceptors (Lipinski definition) is 2. The molecule has 1 N–H and O–H groups in total. The first-order valence-corrected chi connectivity index (χ1v) is 10.3. The predicted octanol–water partition coefficient (Wildman–Crippen LogP) is 5.04. The summed E-state index contributed by atoms with van der Waals surface area (Å²) in [4.78, 5) is 15.1. The molecule has 0 saturated heterocycles. The number of benzene rings is 3. The molecule has 0 spiro atoms. The average molecular weight is 385 g/mol. The molecule has 29 heavy (non-hydrogen) atoms. The van der Waals surface area contributed by atoms with Gasteiger partial charge in [0, 0.05) is 25.2 Å². The van der Waals surface area contributed by atoms with E-state index in [0.717, 1.165) is 31.6 Å². The Labute approximate surface area is 173 Å². The lowest BCUT2D eigenvalue weighted by molar-refractivity contribution is 0.0940. The second kappa shape index (κ2) is 8.62. The van der Waals surface area contributed by atoms with Gasteiger partial charge in [0.2, 0.25) is 0 Å². The Kier molecular flexibility index (Phi) is 5.77. The van der Waals surface area contributed by atoms with Crippen molar-refractivity contribution in [1.82, 2.24) is 10.2 Å². The zero-order chi connectivity index (χ0) is 20.2. The van der Waals surface area contributed by atoms with Gasteiger partial charge < -0.3 is 5.32 Å². The largest absolute Gasteiger partial charge is 0.346 e. The van der Waals surface area contributed by atoms with Gasteiger partial charge in [0.05, 0.1) is 6.04 Å². The Morgan fingerprint density at radius 2 is 1.66 bits per heavy atom. The monoisotopic (exact) mass is 384 g/mol. The molecule has 0 unspecified atom stereocenters. The van der Waals surface area contributed by atoms with Crippen LogP contribution in [0, 0.1) is 6.92 Å². The van der Waals surface area contributed by atoms with Crippen LogP contribution in [0.5, 0.6) is 0 Å². The van der Waals surface area contributed by atoms with E-state index >= 15 is 0 Å². The maximum Gasteiger partial charge on any atom is 0.251 e. The number of nitrogens with zero attached hydrogens (tertiary/aromatic N) is 1. The van der Waals surface area contributed by atoms with Crippen molar-refractivity contribution in [2.24, 2.45) is 0 Å². The van der Waals surface area contributed by atoms with Crippen LogP contribution in [-0.2, 0) is 19.5 Å². The van der Waals surface area contributed by atoms with E-state index in [2.05, 4.69) is 77.8 Å². The molecule has 4 rings (SSSR count). The lowest BCUT2D eigenvalue weighted by Crippen LogP contribution is -2.30. The van der Waals surface area contributed by atoms with Gasteiger partial charge in [-0.15, -0.1) is 0 Å². The van der Waals surface area contributed by atoms with Crippen LogP contribution in [0.1, 0.15) is 51.1 Å². The first kappa shape index (κ1) is 19.4. The highest BCUT2D eigenvalue weighted by Gasteiger charge is 2.16. The van der Waals surface area contributed by atoms with Crippen LogP contribution < -0.4 is 5.32 Å². The van der Waals surface area contributed by atoms with Crippen molar-refractivity contribution in [3.05, 3.63) is 106 Å². The minimum absolute atomic E-state index is 0.0174. The number of hydrogen-bond donors (Lipinski definition) is 1. The van der Waals surface area contributed by atoms with Crippen LogP contribution >= 0.6 is 0 Å². The van der Waals surface area contributed by atoms with Crippen molar-refractivity contribution in [3.8, 4) is 0 Å². The highest BCUT2D eigenvalue weighted by atomic mass is 16.1. The zero-order valence-corrected chi connectivity index (χ0v) is 17.2. The van der Waals surface area contributed by atoms with Crippen molar-refractivity contribution >= 4 is 5.91 Å². The highest BCUT2D eigenvalue weighted by Crippen LogP contribution is 2.20. The standard InChI is InChI=1S/C26H28N2O/c1-19-7-11-22(12-8-19)20(2)27-26(29)24-13-9-21(10-14-24)17-28-16-15-23-5-3-4-6-25(23)18-28/h3-14,20H,15-18H2,1-2H3,(H,27,29)/t20-/m1/s1. The molecule has 3 aromatic carbocycles. The molecule has 0 bridgehead atoms. The van der Waals surface area contributed by atoms with Crippen molar-refractivity contribution in [2.45, 2.75) is 39.4 Å². The summed E-state index contributed by atoms with van der Waals surface area (Å²) in [5.74, 6) is -0.0310. The molecule has 3 nitrogen and oxygen atoms in total. The first-order valence-electron chi connectivity index (χ1n) is 10.3. The van der Waals surface area contributed by atoms with E-state index in [1.54, 1.807) is 0 Å². The third-order valence-electron chi connectivity index (χ3n) is 5.76. The molecule has 0 saturated carbocycles. The Balaban J connectivity index is 1.35. The molecule has 0 fully saturated rings. The quantitative estimate of drug-likeness (QED) is 0.668. The van der Waals surface area contributed by atoms with E-state index in [-0.39, 0.29) is 11.9 Å². The van der Waals surface area contributed by atoms with Crippen molar-refractivity contribution in [3.63, 3.8) is 0 Å². The summed E-state index contributed by atoms with van der Waals surface area (Å²) in [7, 11) is 0. The van der Waals surface area contributed by atoms with E-state index in [9.17, 15) is 4.79 Å². The van der Waals surface area contributed by atoms with Crippen molar-refractivity contribution in [2.75, 3.05) is 6.54 Å². The van der Waals surface area contributed by atoms with Crippen LogP contribution in [0.25, 0.3) is 0 Å². The minimum atomic E-state index is -0.0310. The lowest BCUT2D eigenvalue weighted by Gasteiger charge is -2.28. The van der Waals surface area contributed by atoms with E-state index in [4.69, 9.17) is 0 Å². The SMILES string of the molecule is Cc1ccc([C@@H](C)NC(=O)c2ccc(CN3CCc4ccccc4C3)cc2)cc1. The Morgan fingerprint density at radius 3 is 2.38 bits per heavy atom. The molecule has 1 aliphatic rings. The molecule has 1 amide bonds. The number of nitrogens with one attached hydrogen (secondary N) is 1. The maximum atomic E-state index is 12.6. The van der Waals surface area contributed by atoms with Gasteiger partial charge in [0.1, 0.15) is 0 Å². The fraction of sp³-hybridized carbons (Fsp3) is 0.269.